The summed E-state index contributed by atoms with van der Waals surface area (Å²) < 4.78 is 15.0. The van der Waals surface area contributed by atoms with Crippen LogP contribution in [0.25, 0.3) is 0 Å². The number of benzene rings is 1. The van der Waals surface area contributed by atoms with Crippen molar-refractivity contribution in [2.45, 2.75) is 19.5 Å². The average molecular weight is 278 g/mol. The summed E-state index contributed by atoms with van der Waals surface area (Å²) in [5, 5.41) is 19.1. The van der Waals surface area contributed by atoms with Crippen molar-refractivity contribution >= 4 is 5.97 Å². The van der Waals surface area contributed by atoms with Crippen LogP contribution in [0, 0.1) is 5.82 Å². The van der Waals surface area contributed by atoms with E-state index >= 15 is 0 Å². The minimum atomic E-state index is -1.11. The van der Waals surface area contributed by atoms with Crippen LogP contribution in [-0.2, 0) is 6.54 Å². The molecule has 1 heterocycles. The molecule has 1 unspecified atom stereocenters. The molecule has 0 aliphatic rings. The maximum absolute atomic E-state index is 13.5. The topological polar surface area (TPSA) is 80.0 Å². The van der Waals surface area contributed by atoms with Crippen LogP contribution in [0.1, 0.15) is 29.0 Å². The smallest absolute Gasteiger partial charge is 0.358 e. The number of nitrogens with zero attached hydrogens (tertiary/aromatic N) is 3. The van der Waals surface area contributed by atoms with Crippen molar-refractivity contribution in [3.8, 4) is 0 Å². The van der Waals surface area contributed by atoms with Gasteiger partial charge in [-0.25, -0.2) is 9.18 Å². The van der Waals surface area contributed by atoms with Crippen molar-refractivity contribution in [3.63, 3.8) is 0 Å². The van der Waals surface area contributed by atoms with E-state index in [1.165, 1.54) is 16.9 Å². The molecule has 2 N–H and O–H groups in total. The van der Waals surface area contributed by atoms with Gasteiger partial charge in [0.05, 0.1) is 12.7 Å². The lowest BCUT2D eigenvalue weighted by molar-refractivity contribution is 0.0690. The van der Waals surface area contributed by atoms with Crippen molar-refractivity contribution in [1.82, 2.24) is 20.3 Å². The van der Waals surface area contributed by atoms with E-state index in [-0.39, 0.29) is 17.6 Å². The van der Waals surface area contributed by atoms with Crippen LogP contribution in [0.15, 0.2) is 30.5 Å². The number of halogens is 1. The SMILES string of the molecule is CC(NCCn1cc(C(=O)O)nn1)c1ccccc1F. The van der Waals surface area contributed by atoms with Crippen LogP contribution < -0.4 is 5.32 Å². The van der Waals surface area contributed by atoms with Gasteiger partial charge in [0.1, 0.15) is 5.82 Å². The zero-order valence-electron chi connectivity index (χ0n) is 11.0. The van der Waals surface area contributed by atoms with E-state index in [2.05, 4.69) is 15.6 Å². The van der Waals surface area contributed by atoms with Gasteiger partial charge < -0.3 is 10.4 Å². The largest absolute Gasteiger partial charge is 0.476 e. The van der Waals surface area contributed by atoms with Gasteiger partial charge >= 0.3 is 5.97 Å². The lowest BCUT2D eigenvalue weighted by Crippen LogP contribution is -2.24. The molecule has 0 spiro atoms. The van der Waals surface area contributed by atoms with E-state index in [1.54, 1.807) is 18.2 Å². The monoisotopic (exact) mass is 278 g/mol. The summed E-state index contributed by atoms with van der Waals surface area (Å²) in [6.07, 6.45) is 1.36. The van der Waals surface area contributed by atoms with E-state index in [0.717, 1.165) is 0 Å². The number of carboxylic acid groups (broad SMARTS) is 1. The molecule has 0 saturated carbocycles. The summed E-state index contributed by atoms with van der Waals surface area (Å²) in [5.74, 6) is -1.36. The van der Waals surface area contributed by atoms with Gasteiger partial charge in [0.25, 0.3) is 0 Å². The number of aromatic carboxylic acids is 1. The van der Waals surface area contributed by atoms with Gasteiger partial charge in [-0.2, -0.15) is 0 Å². The van der Waals surface area contributed by atoms with Crippen LogP contribution in [0.2, 0.25) is 0 Å². The fourth-order valence-electron chi connectivity index (χ4n) is 1.84. The molecule has 7 heteroatoms. The standard InChI is InChI=1S/C13H15FN4O2/c1-9(10-4-2-3-5-11(10)14)15-6-7-18-8-12(13(19)20)16-17-18/h2-5,8-9,15H,6-7H2,1H3,(H,19,20). The number of carboxylic acids is 1. The normalized spacial score (nSPS) is 12.3. The fourth-order valence-corrected chi connectivity index (χ4v) is 1.84. The molecule has 20 heavy (non-hydrogen) atoms. The van der Waals surface area contributed by atoms with Crippen molar-refractivity contribution < 1.29 is 14.3 Å². The second-order valence-electron chi connectivity index (χ2n) is 4.37. The van der Waals surface area contributed by atoms with Crippen molar-refractivity contribution in [3.05, 3.63) is 47.5 Å². The number of nitrogens with one attached hydrogen (secondary N) is 1. The molecular weight excluding hydrogens is 263 g/mol. The number of aromatic nitrogens is 3. The van der Waals surface area contributed by atoms with E-state index in [9.17, 15) is 9.18 Å². The summed E-state index contributed by atoms with van der Waals surface area (Å²) in [6.45, 7) is 2.85. The average Bonchev–Trinajstić information content (AvgIpc) is 2.88. The first kappa shape index (κ1) is 14.1. The Hall–Kier alpha value is -2.28. The summed E-state index contributed by atoms with van der Waals surface area (Å²) in [5.41, 5.74) is 0.504. The Labute approximate surface area is 115 Å². The van der Waals surface area contributed by atoms with Gasteiger partial charge in [-0.1, -0.05) is 23.4 Å². The van der Waals surface area contributed by atoms with E-state index in [0.29, 0.717) is 18.7 Å². The van der Waals surface area contributed by atoms with E-state index in [1.807, 2.05) is 6.92 Å². The van der Waals surface area contributed by atoms with Gasteiger partial charge in [-0.05, 0) is 13.0 Å². The number of rotatable bonds is 6. The highest BCUT2D eigenvalue weighted by Crippen LogP contribution is 2.15. The second kappa shape index (κ2) is 6.25. The Bertz CT molecular complexity index is 600. The van der Waals surface area contributed by atoms with Crippen molar-refractivity contribution in [2.75, 3.05) is 6.54 Å². The van der Waals surface area contributed by atoms with Crippen LogP contribution in [0.5, 0.6) is 0 Å². The van der Waals surface area contributed by atoms with E-state index < -0.39 is 5.97 Å². The van der Waals surface area contributed by atoms with Crippen LogP contribution in [0.4, 0.5) is 4.39 Å². The molecule has 6 nitrogen and oxygen atoms in total. The van der Waals surface area contributed by atoms with Gasteiger partial charge in [0.2, 0.25) is 0 Å². The third-order valence-electron chi connectivity index (χ3n) is 2.92. The molecule has 0 amide bonds. The minimum Gasteiger partial charge on any atom is -0.476 e. The number of hydrogen-bond acceptors (Lipinski definition) is 4. The van der Waals surface area contributed by atoms with Crippen molar-refractivity contribution in [2.24, 2.45) is 0 Å². The first-order chi connectivity index (χ1) is 9.58. The van der Waals surface area contributed by atoms with Crippen LogP contribution >= 0.6 is 0 Å². The zero-order chi connectivity index (χ0) is 14.5. The van der Waals surface area contributed by atoms with Crippen LogP contribution in [-0.4, -0.2) is 32.6 Å². The Balaban J connectivity index is 1.86. The summed E-state index contributed by atoms with van der Waals surface area (Å²) in [4.78, 5) is 10.6. The Morgan fingerprint density at radius 1 is 1.50 bits per heavy atom. The summed E-state index contributed by atoms with van der Waals surface area (Å²) >= 11 is 0. The third kappa shape index (κ3) is 3.39. The predicted octanol–water partition coefficient (Wildman–Crippen LogP) is 1.47. The molecule has 0 bridgehead atoms. The Morgan fingerprint density at radius 3 is 2.90 bits per heavy atom. The van der Waals surface area contributed by atoms with Gasteiger partial charge in [-0.15, -0.1) is 5.10 Å². The number of hydrogen-bond donors (Lipinski definition) is 2. The number of carbonyl (C=O) groups is 1. The van der Waals surface area contributed by atoms with Crippen molar-refractivity contribution in [1.29, 1.82) is 0 Å². The molecule has 1 aromatic heterocycles. The fraction of sp³-hybridized carbons (Fsp3) is 0.308. The quantitative estimate of drug-likeness (QED) is 0.836. The molecule has 106 valence electrons. The molecule has 0 fully saturated rings. The van der Waals surface area contributed by atoms with Gasteiger partial charge in [-0.3, -0.25) is 4.68 Å². The Morgan fingerprint density at radius 2 is 2.25 bits per heavy atom. The zero-order valence-corrected chi connectivity index (χ0v) is 11.0. The highest BCUT2D eigenvalue weighted by molar-refractivity contribution is 5.84. The summed E-state index contributed by atoms with van der Waals surface area (Å²) in [7, 11) is 0. The first-order valence-corrected chi connectivity index (χ1v) is 6.19. The molecule has 2 aromatic rings. The molecule has 2 rings (SSSR count). The van der Waals surface area contributed by atoms with Gasteiger partial charge in [0, 0.05) is 18.2 Å². The molecule has 0 radical (unpaired) electrons. The molecule has 0 aliphatic heterocycles. The van der Waals surface area contributed by atoms with E-state index in [4.69, 9.17) is 5.11 Å². The first-order valence-electron chi connectivity index (χ1n) is 6.19. The lowest BCUT2D eigenvalue weighted by atomic mass is 10.1. The second-order valence-corrected chi connectivity index (χ2v) is 4.37. The molecule has 0 saturated heterocycles. The molecular formula is C13H15FN4O2. The third-order valence-corrected chi connectivity index (χ3v) is 2.92. The predicted molar refractivity (Wildman–Crippen MR) is 69.8 cm³/mol. The lowest BCUT2D eigenvalue weighted by Gasteiger charge is -2.14. The Kier molecular flexibility index (Phi) is 4.41. The maximum atomic E-state index is 13.5. The van der Waals surface area contributed by atoms with Crippen LogP contribution in [0.3, 0.4) is 0 Å². The molecule has 1 atom stereocenters. The highest BCUT2D eigenvalue weighted by atomic mass is 19.1. The molecule has 1 aromatic carbocycles. The highest BCUT2D eigenvalue weighted by Gasteiger charge is 2.10. The van der Waals surface area contributed by atoms with Gasteiger partial charge in [0.15, 0.2) is 5.69 Å². The maximum Gasteiger partial charge on any atom is 0.358 e. The minimum absolute atomic E-state index is 0.0906. The molecule has 0 aliphatic carbocycles. The summed E-state index contributed by atoms with van der Waals surface area (Å²) in [6, 6.07) is 6.44.